The van der Waals surface area contributed by atoms with E-state index < -0.39 is 0 Å². The van der Waals surface area contributed by atoms with Gasteiger partial charge in [-0.2, -0.15) is 5.10 Å². The predicted molar refractivity (Wildman–Crippen MR) is 57.8 cm³/mol. The van der Waals surface area contributed by atoms with Crippen molar-refractivity contribution in [2.24, 2.45) is 0 Å². The van der Waals surface area contributed by atoms with Crippen molar-refractivity contribution in [3.63, 3.8) is 0 Å². The molecule has 78 valence electrons. The van der Waals surface area contributed by atoms with Gasteiger partial charge in [-0.05, 0) is 30.7 Å². The molecular weight excluding hydrogens is 193 g/mol. The molecule has 15 heavy (non-hydrogen) atoms. The molecule has 0 atom stereocenters. The summed E-state index contributed by atoms with van der Waals surface area (Å²) in [6.07, 6.45) is 0.806. The van der Waals surface area contributed by atoms with Gasteiger partial charge in [-0.25, -0.2) is 4.39 Å². The number of aromatic amines is 1. The first-order chi connectivity index (χ1) is 7.22. The van der Waals surface area contributed by atoms with Crippen LogP contribution >= 0.6 is 0 Å². The second kappa shape index (κ2) is 3.73. The zero-order valence-electron chi connectivity index (χ0n) is 8.42. The van der Waals surface area contributed by atoms with E-state index in [1.54, 1.807) is 12.1 Å². The Morgan fingerprint density at radius 2 is 2.00 bits per heavy atom. The number of aromatic nitrogens is 2. The molecule has 1 heterocycles. The van der Waals surface area contributed by atoms with Crippen LogP contribution in [-0.4, -0.2) is 10.2 Å². The molecule has 3 nitrogen and oxygen atoms in total. The molecule has 0 spiro atoms. The van der Waals surface area contributed by atoms with Crippen LogP contribution in [0.15, 0.2) is 24.3 Å². The number of benzene rings is 1. The van der Waals surface area contributed by atoms with Crippen LogP contribution in [0.3, 0.4) is 0 Å². The first-order valence-electron chi connectivity index (χ1n) is 4.81. The zero-order chi connectivity index (χ0) is 10.8. The molecule has 0 bridgehead atoms. The van der Waals surface area contributed by atoms with Crippen LogP contribution in [0, 0.1) is 5.82 Å². The summed E-state index contributed by atoms with van der Waals surface area (Å²) >= 11 is 0. The number of halogens is 1. The molecule has 4 heteroatoms. The number of rotatable bonds is 2. The highest BCUT2D eigenvalue weighted by Crippen LogP contribution is 2.26. The van der Waals surface area contributed by atoms with Gasteiger partial charge in [0.2, 0.25) is 0 Å². The van der Waals surface area contributed by atoms with E-state index in [4.69, 9.17) is 5.73 Å². The van der Waals surface area contributed by atoms with Crippen LogP contribution in [-0.2, 0) is 6.42 Å². The summed E-state index contributed by atoms with van der Waals surface area (Å²) in [6, 6.07) is 6.13. The lowest BCUT2D eigenvalue weighted by Gasteiger charge is -1.98. The number of nitrogens with zero attached hydrogens (tertiary/aromatic N) is 1. The molecule has 0 amide bonds. The van der Waals surface area contributed by atoms with Crippen molar-refractivity contribution < 1.29 is 4.39 Å². The quantitative estimate of drug-likeness (QED) is 0.790. The van der Waals surface area contributed by atoms with Crippen molar-refractivity contribution in [1.82, 2.24) is 10.2 Å². The molecule has 2 rings (SSSR count). The van der Waals surface area contributed by atoms with E-state index in [0.29, 0.717) is 11.4 Å². The van der Waals surface area contributed by atoms with Crippen molar-refractivity contribution in [1.29, 1.82) is 0 Å². The van der Waals surface area contributed by atoms with Gasteiger partial charge < -0.3 is 5.73 Å². The third-order valence-electron chi connectivity index (χ3n) is 2.35. The van der Waals surface area contributed by atoms with E-state index in [2.05, 4.69) is 10.2 Å². The van der Waals surface area contributed by atoms with Gasteiger partial charge >= 0.3 is 0 Å². The van der Waals surface area contributed by atoms with Gasteiger partial charge in [0.15, 0.2) is 0 Å². The summed E-state index contributed by atoms with van der Waals surface area (Å²) in [4.78, 5) is 0. The lowest BCUT2D eigenvalue weighted by molar-refractivity contribution is 0.628. The summed E-state index contributed by atoms with van der Waals surface area (Å²) in [6.45, 7) is 2.00. The highest BCUT2D eigenvalue weighted by Gasteiger charge is 2.10. The Balaban J connectivity index is 2.45. The highest BCUT2D eigenvalue weighted by atomic mass is 19.1. The molecule has 0 unspecified atom stereocenters. The van der Waals surface area contributed by atoms with Gasteiger partial charge in [-0.15, -0.1) is 0 Å². The lowest BCUT2D eigenvalue weighted by Crippen LogP contribution is -1.91. The first kappa shape index (κ1) is 9.71. The van der Waals surface area contributed by atoms with Crippen molar-refractivity contribution in [3.05, 3.63) is 35.8 Å². The largest absolute Gasteiger partial charge is 0.395 e. The third-order valence-corrected chi connectivity index (χ3v) is 2.35. The smallest absolute Gasteiger partial charge is 0.123 e. The van der Waals surface area contributed by atoms with Crippen molar-refractivity contribution in [2.45, 2.75) is 13.3 Å². The topological polar surface area (TPSA) is 54.7 Å². The molecule has 0 saturated heterocycles. The Morgan fingerprint density at radius 1 is 1.33 bits per heavy atom. The van der Waals surface area contributed by atoms with E-state index in [9.17, 15) is 4.39 Å². The molecule has 2 aromatic rings. The second-order valence-corrected chi connectivity index (χ2v) is 3.32. The summed E-state index contributed by atoms with van der Waals surface area (Å²) in [7, 11) is 0. The summed E-state index contributed by atoms with van der Waals surface area (Å²) in [5.41, 5.74) is 8.96. The van der Waals surface area contributed by atoms with Gasteiger partial charge in [0.05, 0.1) is 11.4 Å². The van der Waals surface area contributed by atoms with Gasteiger partial charge in [0.25, 0.3) is 0 Å². The molecule has 0 aliphatic heterocycles. The predicted octanol–water partition coefficient (Wildman–Crippen LogP) is 2.36. The van der Waals surface area contributed by atoms with Crippen molar-refractivity contribution >= 4 is 5.69 Å². The Bertz CT molecular complexity index is 459. The number of hydrogen-bond donors (Lipinski definition) is 2. The van der Waals surface area contributed by atoms with E-state index in [1.165, 1.54) is 12.1 Å². The lowest BCUT2D eigenvalue weighted by atomic mass is 10.1. The zero-order valence-corrected chi connectivity index (χ0v) is 8.42. The maximum atomic E-state index is 12.7. The normalized spacial score (nSPS) is 10.5. The monoisotopic (exact) mass is 205 g/mol. The molecule has 0 aliphatic carbocycles. The van der Waals surface area contributed by atoms with Crippen LogP contribution < -0.4 is 5.73 Å². The maximum absolute atomic E-state index is 12.7. The molecule has 0 aliphatic rings. The standard InChI is InChI=1S/C11H12FN3/c1-2-9-10(13)11(15-14-9)7-3-5-8(12)6-4-7/h3-6H,2,13H2,1H3,(H,14,15). The van der Waals surface area contributed by atoms with E-state index >= 15 is 0 Å². The highest BCUT2D eigenvalue weighted by molar-refractivity contribution is 5.74. The molecular formula is C11H12FN3. The molecule has 1 aromatic carbocycles. The second-order valence-electron chi connectivity index (χ2n) is 3.32. The van der Waals surface area contributed by atoms with Crippen LogP contribution in [0.2, 0.25) is 0 Å². The molecule has 3 N–H and O–H groups in total. The molecule has 0 saturated carbocycles. The number of nitrogens with one attached hydrogen (secondary N) is 1. The molecule has 1 aromatic heterocycles. The molecule has 0 radical (unpaired) electrons. The average Bonchev–Trinajstić information content (AvgIpc) is 2.61. The summed E-state index contributed by atoms with van der Waals surface area (Å²) < 4.78 is 12.7. The van der Waals surface area contributed by atoms with Crippen LogP contribution in [0.1, 0.15) is 12.6 Å². The number of nitrogens with two attached hydrogens (primary N) is 1. The number of aryl methyl sites for hydroxylation is 1. The van der Waals surface area contributed by atoms with E-state index in [0.717, 1.165) is 17.7 Å². The number of H-pyrrole nitrogens is 1. The van der Waals surface area contributed by atoms with Crippen molar-refractivity contribution in [3.8, 4) is 11.3 Å². The van der Waals surface area contributed by atoms with Gasteiger partial charge in [-0.1, -0.05) is 6.92 Å². The Morgan fingerprint density at radius 3 is 2.53 bits per heavy atom. The van der Waals surface area contributed by atoms with Gasteiger partial charge in [0, 0.05) is 5.56 Å². The maximum Gasteiger partial charge on any atom is 0.123 e. The van der Waals surface area contributed by atoms with Gasteiger partial charge in [0.1, 0.15) is 11.5 Å². The number of nitrogen functional groups attached to an aromatic ring is 1. The Hall–Kier alpha value is -1.84. The summed E-state index contributed by atoms with van der Waals surface area (Å²) in [5, 5.41) is 6.98. The minimum Gasteiger partial charge on any atom is -0.395 e. The number of anilines is 1. The minimum atomic E-state index is -0.261. The summed E-state index contributed by atoms with van der Waals surface area (Å²) in [5.74, 6) is -0.261. The van der Waals surface area contributed by atoms with Crippen LogP contribution in [0.5, 0.6) is 0 Å². The minimum absolute atomic E-state index is 0.261. The molecule has 0 fully saturated rings. The first-order valence-corrected chi connectivity index (χ1v) is 4.81. The third kappa shape index (κ3) is 1.70. The van der Waals surface area contributed by atoms with Crippen LogP contribution in [0.4, 0.5) is 10.1 Å². The Labute approximate surface area is 87.1 Å². The van der Waals surface area contributed by atoms with E-state index in [-0.39, 0.29) is 5.82 Å². The Kier molecular flexibility index (Phi) is 2.41. The van der Waals surface area contributed by atoms with E-state index in [1.807, 2.05) is 6.92 Å². The fraction of sp³-hybridized carbons (Fsp3) is 0.182. The fourth-order valence-electron chi connectivity index (χ4n) is 1.48. The fourth-order valence-corrected chi connectivity index (χ4v) is 1.48. The number of hydrogen-bond acceptors (Lipinski definition) is 2. The van der Waals surface area contributed by atoms with Gasteiger partial charge in [-0.3, -0.25) is 5.10 Å². The average molecular weight is 205 g/mol. The van der Waals surface area contributed by atoms with Crippen molar-refractivity contribution in [2.75, 3.05) is 5.73 Å². The van der Waals surface area contributed by atoms with Crippen LogP contribution in [0.25, 0.3) is 11.3 Å². The SMILES string of the molecule is CCc1[nH]nc(-c2ccc(F)cc2)c1N.